The Morgan fingerprint density at radius 3 is 2.56 bits per heavy atom. The number of hydrogen-bond acceptors (Lipinski definition) is 5. The van der Waals surface area contributed by atoms with Crippen molar-refractivity contribution in [1.82, 2.24) is 19.4 Å². The number of sulfonamides is 1. The second-order valence-electron chi connectivity index (χ2n) is 10.6. The Balaban J connectivity index is 1.38. The number of amides is 1. The molecule has 208 valence electrons. The van der Waals surface area contributed by atoms with Crippen LogP contribution >= 0.6 is 0 Å². The highest BCUT2D eigenvalue weighted by molar-refractivity contribution is 7.89. The maximum absolute atomic E-state index is 15.7. The first-order chi connectivity index (χ1) is 18.7. The van der Waals surface area contributed by atoms with Crippen molar-refractivity contribution in [2.24, 2.45) is 7.05 Å². The van der Waals surface area contributed by atoms with Crippen LogP contribution < -0.4 is 5.32 Å². The zero-order valence-electron chi connectivity index (χ0n) is 22.3. The molecule has 3 heterocycles. The predicted octanol–water partition coefficient (Wildman–Crippen LogP) is 3.98. The summed E-state index contributed by atoms with van der Waals surface area (Å²) < 4.78 is 51.5. The zero-order valence-corrected chi connectivity index (χ0v) is 23.2. The molecule has 2 aliphatic rings. The number of aryl methyl sites for hydroxylation is 1. The number of hydrogen-bond donors (Lipinski definition) is 1. The number of ether oxygens (including phenoxy) is 1. The molecule has 8 nitrogen and oxygen atoms in total. The molecule has 1 N–H and O–H groups in total. The van der Waals surface area contributed by atoms with Gasteiger partial charge in [-0.1, -0.05) is 42.5 Å². The molecule has 39 heavy (non-hydrogen) atoms. The fourth-order valence-electron chi connectivity index (χ4n) is 5.77. The molecule has 5 rings (SSSR count). The van der Waals surface area contributed by atoms with Gasteiger partial charge in [-0.15, -0.1) is 0 Å². The lowest BCUT2D eigenvalue weighted by Crippen LogP contribution is -2.48. The molecular formula is C29H35FN4O4S. The van der Waals surface area contributed by atoms with Gasteiger partial charge < -0.3 is 10.1 Å². The summed E-state index contributed by atoms with van der Waals surface area (Å²) in [6, 6.07) is 13.8. The highest BCUT2D eigenvalue weighted by atomic mass is 32.2. The van der Waals surface area contributed by atoms with Crippen molar-refractivity contribution in [3.05, 3.63) is 89.0 Å². The Morgan fingerprint density at radius 2 is 1.90 bits per heavy atom. The van der Waals surface area contributed by atoms with Crippen LogP contribution in [0.5, 0.6) is 0 Å². The van der Waals surface area contributed by atoms with E-state index < -0.39 is 26.5 Å². The van der Waals surface area contributed by atoms with Gasteiger partial charge in [-0.25, -0.2) is 12.8 Å². The third-order valence-corrected chi connectivity index (χ3v) is 10.5. The van der Waals surface area contributed by atoms with Crippen LogP contribution in [-0.4, -0.2) is 47.7 Å². The summed E-state index contributed by atoms with van der Waals surface area (Å²) in [7, 11) is -1.88. The highest BCUT2D eigenvalue weighted by Gasteiger charge is 2.43. The number of nitrogens with zero attached hydrogens (tertiary/aromatic N) is 3. The summed E-state index contributed by atoms with van der Waals surface area (Å²) in [4.78, 5) is 13.5. The Hall–Kier alpha value is -3.08. The monoisotopic (exact) mass is 554 g/mol. The third kappa shape index (κ3) is 5.50. The van der Waals surface area contributed by atoms with Gasteiger partial charge in [0.05, 0.1) is 11.6 Å². The minimum atomic E-state index is -3.69. The molecule has 2 saturated heterocycles. The Kier molecular flexibility index (Phi) is 7.89. The Labute approximate surface area is 229 Å². The maximum Gasteiger partial charge on any atom is 0.231 e. The summed E-state index contributed by atoms with van der Waals surface area (Å²) >= 11 is 0. The standard InChI is InChI=1S/C29H35FN4O4S/c1-21-8-11-27(23-6-4-3-5-7-23)39(36,37)34(21)20-24-9-10-25(16-26(24)30)29(12-14-38-15-13-29)28(35)31-17-22-18-32-33(2)19-22/h3-7,9-10,16,18-19,21,27H,8,11-15,17,20H2,1-2H3,(H,31,35)/t21-,27+/m1/s1. The summed E-state index contributed by atoms with van der Waals surface area (Å²) in [5, 5.41) is 6.49. The zero-order chi connectivity index (χ0) is 27.6. The lowest BCUT2D eigenvalue weighted by atomic mass is 9.73. The molecule has 1 amide bonds. The molecule has 2 atom stereocenters. The van der Waals surface area contributed by atoms with E-state index in [-0.39, 0.29) is 18.5 Å². The van der Waals surface area contributed by atoms with E-state index in [1.807, 2.05) is 50.5 Å². The van der Waals surface area contributed by atoms with Gasteiger partial charge >= 0.3 is 0 Å². The molecule has 2 aromatic carbocycles. The van der Waals surface area contributed by atoms with Crippen molar-refractivity contribution in [2.45, 2.75) is 62.4 Å². The van der Waals surface area contributed by atoms with Crippen molar-refractivity contribution < 1.29 is 22.3 Å². The second kappa shape index (κ2) is 11.2. The number of aromatic nitrogens is 2. The van der Waals surface area contributed by atoms with Crippen LogP contribution in [-0.2, 0) is 45.1 Å². The van der Waals surface area contributed by atoms with E-state index >= 15 is 4.39 Å². The molecule has 10 heteroatoms. The normalized spacial score (nSPS) is 22.8. The lowest BCUT2D eigenvalue weighted by molar-refractivity contribution is -0.130. The van der Waals surface area contributed by atoms with Crippen LogP contribution in [0.2, 0.25) is 0 Å². The van der Waals surface area contributed by atoms with Crippen molar-refractivity contribution in [3.8, 4) is 0 Å². The van der Waals surface area contributed by atoms with Crippen LogP contribution in [0.4, 0.5) is 4.39 Å². The van der Waals surface area contributed by atoms with Gasteiger partial charge in [0.1, 0.15) is 11.1 Å². The first kappa shape index (κ1) is 27.5. The minimum absolute atomic E-state index is 0.0533. The average molecular weight is 555 g/mol. The molecule has 0 saturated carbocycles. The maximum atomic E-state index is 15.7. The van der Waals surface area contributed by atoms with E-state index in [4.69, 9.17) is 4.74 Å². The smallest absolute Gasteiger partial charge is 0.231 e. The first-order valence-corrected chi connectivity index (χ1v) is 14.9. The van der Waals surface area contributed by atoms with E-state index in [0.717, 1.165) is 11.1 Å². The van der Waals surface area contributed by atoms with E-state index in [9.17, 15) is 13.2 Å². The van der Waals surface area contributed by atoms with Gasteiger partial charge in [0, 0.05) is 56.7 Å². The Bertz CT molecular complexity index is 1420. The molecule has 2 fully saturated rings. The number of carbonyl (C=O) groups excluding carboxylic acids is 1. The highest BCUT2D eigenvalue weighted by Crippen LogP contribution is 2.39. The van der Waals surface area contributed by atoms with Gasteiger partial charge in [0.15, 0.2) is 0 Å². The number of carbonyl (C=O) groups is 1. The quantitative estimate of drug-likeness (QED) is 0.477. The Morgan fingerprint density at radius 1 is 1.15 bits per heavy atom. The summed E-state index contributed by atoms with van der Waals surface area (Å²) in [6.07, 6.45) is 5.62. The summed E-state index contributed by atoms with van der Waals surface area (Å²) in [6.45, 7) is 2.93. The van der Waals surface area contributed by atoms with Crippen molar-refractivity contribution in [1.29, 1.82) is 0 Å². The minimum Gasteiger partial charge on any atom is -0.381 e. The second-order valence-corrected chi connectivity index (χ2v) is 12.7. The topological polar surface area (TPSA) is 93.5 Å². The SMILES string of the molecule is C[C@@H]1CC[C@@H](c2ccccc2)S(=O)(=O)N1Cc1ccc(C2(C(=O)NCc3cnn(C)c3)CCOCC2)cc1F. The molecule has 0 spiro atoms. The summed E-state index contributed by atoms with van der Waals surface area (Å²) in [5.74, 6) is -0.692. The number of rotatable bonds is 7. The van der Waals surface area contributed by atoms with E-state index in [0.29, 0.717) is 56.6 Å². The molecule has 3 aromatic rings. The molecule has 1 aromatic heterocycles. The molecule has 2 aliphatic heterocycles. The fraction of sp³-hybridized carbons (Fsp3) is 0.448. The molecule has 0 bridgehead atoms. The molecule has 0 unspecified atom stereocenters. The van der Waals surface area contributed by atoms with Crippen LogP contribution in [0.3, 0.4) is 0 Å². The van der Waals surface area contributed by atoms with Gasteiger partial charge in [-0.2, -0.15) is 9.40 Å². The summed E-state index contributed by atoms with van der Waals surface area (Å²) in [5.41, 5.74) is 1.57. The number of nitrogens with one attached hydrogen (secondary N) is 1. The van der Waals surface area contributed by atoms with Gasteiger partial charge in [-0.05, 0) is 49.8 Å². The van der Waals surface area contributed by atoms with Crippen LogP contribution in [0.25, 0.3) is 0 Å². The first-order valence-electron chi connectivity index (χ1n) is 13.4. The van der Waals surface area contributed by atoms with Gasteiger partial charge in [0.25, 0.3) is 0 Å². The van der Waals surface area contributed by atoms with Crippen molar-refractivity contribution in [2.75, 3.05) is 13.2 Å². The van der Waals surface area contributed by atoms with Crippen LogP contribution in [0, 0.1) is 5.82 Å². The van der Waals surface area contributed by atoms with E-state index in [1.54, 1.807) is 23.0 Å². The predicted molar refractivity (Wildman–Crippen MR) is 146 cm³/mol. The van der Waals surface area contributed by atoms with E-state index in [1.165, 1.54) is 10.4 Å². The van der Waals surface area contributed by atoms with Gasteiger partial charge in [0.2, 0.25) is 15.9 Å². The molecular weight excluding hydrogens is 519 g/mol. The number of halogens is 1. The third-order valence-electron chi connectivity index (χ3n) is 8.12. The van der Waals surface area contributed by atoms with Crippen molar-refractivity contribution >= 4 is 15.9 Å². The largest absolute Gasteiger partial charge is 0.381 e. The molecule has 0 aliphatic carbocycles. The average Bonchev–Trinajstić information content (AvgIpc) is 3.36. The fourth-order valence-corrected chi connectivity index (χ4v) is 7.96. The molecule has 0 radical (unpaired) electrons. The van der Waals surface area contributed by atoms with Crippen LogP contribution in [0.15, 0.2) is 60.9 Å². The van der Waals surface area contributed by atoms with Gasteiger partial charge in [-0.3, -0.25) is 9.48 Å². The lowest BCUT2D eigenvalue weighted by Gasteiger charge is -2.38. The van der Waals surface area contributed by atoms with Crippen molar-refractivity contribution in [3.63, 3.8) is 0 Å². The van der Waals surface area contributed by atoms with Crippen LogP contribution in [0.1, 0.15) is 60.1 Å². The van der Waals surface area contributed by atoms with E-state index in [2.05, 4.69) is 10.4 Å². The number of benzene rings is 2.